The van der Waals surface area contributed by atoms with Crippen molar-refractivity contribution >= 4 is 56.3 Å². The van der Waals surface area contributed by atoms with Gasteiger partial charge < -0.3 is 10.0 Å². The molecule has 9 nitrogen and oxygen atoms in total. The monoisotopic (exact) mass is 736 g/mol. The van der Waals surface area contributed by atoms with E-state index in [9.17, 15) is 35.5 Å². The van der Waals surface area contributed by atoms with Crippen molar-refractivity contribution in [2.45, 2.75) is 45.0 Å². The average Bonchev–Trinajstić information content (AvgIpc) is 3.70. The lowest BCUT2D eigenvalue weighted by molar-refractivity contribution is -0.141. The maximum atomic E-state index is 14.4. The molecule has 262 valence electrons. The first kappa shape index (κ1) is 35.1. The number of nitrogens with zero attached hydrogens (tertiary/aromatic N) is 6. The average molecular weight is 737 g/mol. The Bertz CT molecular complexity index is 2220. The van der Waals surface area contributed by atoms with E-state index in [1.165, 1.54) is 23.3 Å². The number of hydrogen-bond acceptors (Lipinski definition) is 8. The second-order valence-electron chi connectivity index (χ2n) is 11.5. The lowest BCUT2D eigenvalue weighted by Crippen LogP contribution is -2.35. The summed E-state index contributed by atoms with van der Waals surface area (Å²) in [6, 6.07) is 9.09. The fourth-order valence-electron chi connectivity index (χ4n) is 5.78. The molecule has 1 unspecified atom stereocenters. The fraction of sp³-hybridized carbons (Fsp3) is 0.281. The van der Waals surface area contributed by atoms with Gasteiger partial charge in [-0.05, 0) is 49.2 Å². The summed E-state index contributed by atoms with van der Waals surface area (Å²) in [4.78, 5) is 22.9. The number of hydrogen-bond donors (Lipinski definition) is 2. The lowest BCUT2D eigenvalue weighted by Gasteiger charge is -2.23. The molecule has 0 fully saturated rings. The van der Waals surface area contributed by atoms with E-state index in [2.05, 4.69) is 25.2 Å². The highest BCUT2D eigenvalue weighted by Crippen LogP contribution is 2.39. The van der Waals surface area contributed by atoms with Crippen LogP contribution in [0.3, 0.4) is 0 Å². The van der Waals surface area contributed by atoms with Crippen LogP contribution < -0.4 is 10.0 Å². The zero-order chi connectivity index (χ0) is 36.1. The number of para-hydroxylation sites is 1. The molecule has 0 saturated carbocycles. The van der Waals surface area contributed by atoms with E-state index in [-0.39, 0.29) is 28.4 Å². The van der Waals surface area contributed by atoms with Gasteiger partial charge in [0.2, 0.25) is 5.91 Å². The molecule has 0 radical (unpaired) electrons. The van der Waals surface area contributed by atoms with Crippen LogP contribution in [-0.2, 0) is 36.9 Å². The van der Waals surface area contributed by atoms with Gasteiger partial charge in [0.05, 0.1) is 27.0 Å². The van der Waals surface area contributed by atoms with E-state index in [1.807, 2.05) is 24.5 Å². The second-order valence-corrected chi connectivity index (χ2v) is 13.4. The Balaban J connectivity index is 1.51. The largest absolute Gasteiger partial charge is 0.435 e. The van der Waals surface area contributed by atoms with Crippen LogP contribution in [0.2, 0.25) is 0 Å². The predicted octanol–water partition coefficient (Wildman–Crippen LogP) is 7.95. The number of carbonyl (C=O) groups excluding carboxylic acids is 1. The zero-order valence-corrected chi connectivity index (χ0v) is 28.3. The Morgan fingerprint density at radius 3 is 2.38 bits per heavy atom. The molecule has 0 spiro atoms. The molecule has 18 heteroatoms. The number of amides is 1. The molecule has 2 aromatic carbocycles. The molecule has 6 rings (SSSR count). The summed E-state index contributed by atoms with van der Waals surface area (Å²) < 4.78 is 104. The number of halogens is 7. The van der Waals surface area contributed by atoms with Gasteiger partial charge in [-0.25, -0.2) is 18.7 Å². The van der Waals surface area contributed by atoms with Gasteiger partial charge in [-0.2, -0.15) is 32.1 Å². The summed E-state index contributed by atoms with van der Waals surface area (Å²) in [7, 11) is 1.75. The number of pyridine rings is 1. The molecule has 1 amide bonds. The Morgan fingerprint density at radius 2 is 1.72 bits per heavy atom. The van der Waals surface area contributed by atoms with Gasteiger partial charge in [0.15, 0.2) is 17.2 Å². The number of carbonyl (C=O) groups is 1. The molecule has 6 aromatic rings. The fourth-order valence-corrected chi connectivity index (χ4v) is 6.93. The van der Waals surface area contributed by atoms with Crippen LogP contribution in [0.1, 0.15) is 40.6 Å². The number of rotatable bonds is 10. The Morgan fingerprint density at radius 1 is 1.00 bits per heavy atom. The molecule has 0 aliphatic heterocycles. The summed E-state index contributed by atoms with van der Waals surface area (Å²) in [5, 5.41) is 11.9. The maximum Gasteiger partial charge on any atom is 0.435 e. The molecule has 0 aliphatic rings. The molecule has 50 heavy (non-hydrogen) atoms. The molecular formula is C32H27F7N8OS2. The zero-order valence-electron chi connectivity index (χ0n) is 26.7. The number of alkyl halides is 5. The molecule has 4 heterocycles. The van der Waals surface area contributed by atoms with Gasteiger partial charge in [-0.3, -0.25) is 14.2 Å². The van der Waals surface area contributed by atoms with Gasteiger partial charge in [-0.1, -0.05) is 24.1 Å². The molecular weight excluding hydrogens is 710 g/mol. The van der Waals surface area contributed by atoms with E-state index in [0.29, 0.717) is 50.8 Å². The standard InChI is InChI=1S/C32H27F7N8OS2/c1-15-40-30-23(50-15)12-21(19-6-5-7-20-28(19)46(3)44-29(20)45-49-4)27(42-30)22(10-16-8-17(33)11-18(34)9-16)41-26(48)14-47-25(31(2,35)36)13-24(43-47)32(37,38)39/h5-9,11-13,22H,10,14H2,1-4H3,(H,41,48)(H,44,45). The number of aromatic nitrogens is 6. The highest BCUT2D eigenvalue weighted by Gasteiger charge is 2.39. The van der Waals surface area contributed by atoms with E-state index < -0.39 is 53.6 Å². The van der Waals surface area contributed by atoms with Crippen molar-refractivity contribution in [3.8, 4) is 11.1 Å². The molecule has 1 atom stereocenters. The minimum absolute atomic E-state index is 0.111. The van der Waals surface area contributed by atoms with Crippen molar-refractivity contribution in [3.63, 3.8) is 0 Å². The Labute approximate surface area is 288 Å². The SMILES string of the molecule is CSNc1nn(C)c2c(-c3cc4sc(C)nc4nc3C(Cc3cc(F)cc(F)c3)NC(=O)Cn3nc(C(F)(F)F)cc3C(C)(F)F)cccc12. The van der Waals surface area contributed by atoms with Crippen LogP contribution in [0.4, 0.5) is 36.6 Å². The molecule has 4 aromatic heterocycles. The summed E-state index contributed by atoms with van der Waals surface area (Å²) in [6.45, 7) is 1.14. The smallest absolute Gasteiger partial charge is 0.346 e. The highest BCUT2D eigenvalue weighted by atomic mass is 32.2. The summed E-state index contributed by atoms with van der Waals surface area (Å²) in [6.07, 6.45) is -3.46. The van der Waals surface area contributed by atoms with Crippen molar-refractivity contribution in [1.29, 1.82) is 0 Å². The summed E-state index contributed by atoms with van der Waals surface area (Å²) in [5.74, 6) is -5.97. The quantitative estimate of drug-likeness (QED) is 0.109. The third-order valence-corrected chi connectivity index (χ3v) is 9.02. The van der Waals surface area contributed by atoms with Gasteiger partial charge in [0.25, 0.3) is 5.92 Å². The third-order valence-electron chi connectivity index (χ3n) is 7.71. The normalized spacial score (nSPS) is 12.9. The highest BCUT2D eigenvalue weighted by molar-refractivity contribution is 7.99. The van der Waals surface area contributed by atoms with Crippen molar-refractivity contribution < 1.29 is 35.5 Å². The number of anilines is 1. The lowest BCUT2D eigenvalue weighted by atomic mass is 9.94. The number of thiazole rings is 1. The van der Waals surface area contributed by atoms with Crippen LogP contribution in [0, 0.1) is 18.6 Å². The van der Waals surface area contributed by atoms with E-state index in [0.717, 1.165) is 17.5 Å². The first-order valence-electron chi connectivity index (χ1n) is 14.8. The first-order chi connectivity index (χ1) is 23.5. The van der Waals surface area contributed by atoms with Gasteiger partial charge in [0, 0.05) is 42.8 Å². The van der Waals surface area contributed by atoms with E-state index in [1.54, 1.807) is 24.7 Å². The van der Waals surface area contributed by atoms with E-state index >= 15 is 0 Å². The summed E-state index contributed by atoms with van der Waals surface area (Å²) in [5.41, 5.74) is -0.298. The molecule has 0 aliphatic carbocycles. The third kappa shape index (κ3) is 7.12. The number of fused-ring (bicyclic) bond motifs is 2. The van der Waals surface area contributed by atoms with E-state index in [4.69, 9.17) is 4.98 Å². The second kappa shape index (κ2) is 13.2. The number of nitrogens with one attached hydrogen (secondary N) is 2. The maximum absolute atomic E-state index is 14.4. The van der Waals surface area contributed by atoms with Crippen LogP contribution in [-0.4, -0.2) is 41.7 Å². The van der Waals surface area contributed by atoms with Crippen LogP contribution >= 0.6 is 23.3 Å². The van der Waals surface area contributed by atoms with Crippen molar-refractivity contribution in [2.75, 3.05) is 11.0 Å². The van der Waals surface area contributed by atoms with Gasteiger partial charge in [-0.15, -0.1) is 11.3 Å². The minimum Gasteiger partial charge on any atom is -0.346 e. The van der Waals surface area contributed by atoms with Gasteiger partial charge in [0.1, 0.15) is 23.9 Å². The molecule has 2 N–H and O–H groups in total. The summed E-state index contributed by atoms with van der Waals surface area (Å²) >= 11 is 2.71. The van der Waals surface area contributed by atoms with Crippen molar-refractivity contribution in [2.24, 2.45) is 7.05 Å². The van der Waals surface area contributed by atoms with Crippen molar-refractivity contribution in [3.05, 3.63) is 87.8 Å². The molecule has 0 saturated heterocycles. The van der Waals surface area contributed by atoms with Crippen LogP contribution in [0.15, 0.2) is 48.5 Å². The molecule has 0 bridgehead atoms. The Hall–Kier alpha value is -4.71. The van der Waals surface area contributed by atoms with Crippen LogP contribution in [0.5, 0.6) is 0 Å². The Kier molecular flexibility index (Phi) is 9.28. The minimum atomic E-state index is -5.05. The first-order valence-corrected chi connectivity index (χ1v) is 16.9. The van der Waals surface area contributed by atoms with Crippen LogP contribution in [0.25, 0.3) is 32.4 Å². The topological polar surface area (TPSA) is 103 Å². The number of aryl methyl sites for hydroxylation is 2. The van der Waals surface area contributed by atoms with Crippen molar-refractivity contribution in [1.82, 2.24) is 34.8 Å². The number of benzene rings is 2. The predicted molar refractivity (Wildman–Crippen MR) is 177 cm³/mol. The van der Waals surface area contributed by atoms with Gasteiger partial charge >= 0.3 is 6.18 Å².